The summed E-state index contributed by atoms with van der Waals surface area (Å²) in [5, 5.41) is 1.74. The van der Waals surface area contributed by atoms with E-state index in [1.54, 1.807) is 0 Å². The van der Waals surface area contributed by atoms with E-state index < -0.39 is 0 Å². The zero-order chi connectivity index (χ0) is 14.1. The average Bonchev–Trinajstić information content (AvgIpc) is 2.46. The summed E-state index contributed by atoms with van der Waals surface area (Å²) < 4.78 is 0. The van der Waals surface area contributed by atoms with Crippen molar-refractivity contribution in [2.24, 2.45) is 0 Å². The van der Waals surface area contributed by atoms with E-state index in [0.29, 0.717) is 10.8 Å². The van der Waals surface area contributed by atoms with E-state index in [9.17, 15) is 0 Å². The Bertz CT molecular complexity index is 648. The molecule has 0 aliphatic carbocycles. The number of halogens is 1. The molecule has 2 heterocycles. The number of hydrogen-bond donors (Lipinski definition) is 1. The second-order valence-corrected chi connectivity index (χ2v) is 5.41. The van der Waals surface area contributed by atoms with E-state index in [0.717, 1.165) is 42.8 Å². The van der Waals surface area contributed by atoms with Crippen LogP contribution in [0.4, 0.5) is 11.5 Å². The van der Waals surface area contributed by atoms with Crippen molar-refractivity contribution in [2.45, 2.75) is 0 Å². The first-order valence-corrected chi connectivity index (χ1v) is 7.19. The van der Waals surface area contributed by atoms with Crippen LogP contribution >= 0.6 is 23.8 Å². The Morgan fingerprint density at radius 1 is 1.20 bits per heavy atom. The standard InChI is InChI=1S/C14H14ClN4S/c15-10-1-2-11-12(7-10)17-14(16)8-13(11)19-5-3-18(9-20)4-6-19/h1-2,7-8H,3-6H2,(H2,16,17). The maximum Gasteiger partial charge on any atom is 0.137 e. The normalized spacial score (nSPS) is 15.7. The molecule has 20 heavy (non-hydrogen) atoms. The number of pyridine rings is 1. The number of thiocarbonyl (C=S) groups is 1. The molecule has 1 aliphatic rings. The third-order valence-corrected chi connectivity index (χ3v) is 4.01. The largest absolute Gasteiger partial charge is 0.384 e. The first kappa shape index (κ1) is 13.4. The number of anilines is 2. The molecule has 1 saturated heterocycles. The number of fused-ring (bicyclic) bond motifs is 1. The van der Waals surface area contributed by atoms with Crippen molar-refractivity contribution in [1.82, 2.24) is 9.88 Å². The van der Waals surface area contributed by atoms with Gasteiger partial charge in [-0.2, -0.15) is 0 Å². The van der Waals surface area contributed by atoms with Gasteiger partial charge in [0.2, 0.25) is 0 Å². The minimum atomic E-state index is 0.513. The summed E-state index contributed by atoms with van der Waals surface area (Å²) in [6.07, 6.45) is 0. The van der Waals surface area contributed by atoms with Crippen LogP contribution in [0.1, 0.15) is 0 Å². The van der Waals surface area contributed by atoms with E-state index in [2.05, 4.69) is 15.4 Å². The molecule has 1 aromatic heterocycles. The number of benzene rings is 1. The van der Waals surface area contributed by atoms with Gasteiger partial charge < -0.3 is 15.5 Å². The molecule has 2 aromatic rings. The third kappa shape index (κ3) is 2.51. The maximum absolute atomic E-state index is 6.03. The lowest BCUT2D eigenvalue weighted by atomic mass is 10.1. The Balaban J connectivity index is 2.01. The summed E-state index contributed by atoms with van der Waals surface area (Å²) in [4.78, 5) is 8.68. The number of aromatic nitrogens is 1. The zero-order valence-corrected chi connectivity index (χ0v) is 12.4. The Morgan fingerprint density at radius 2 is 1.95 bits per heavy atom. The Hall–Kier alpha value is -1.59. The molecule has 1 aromatic carbocycles. The predicted molar refractivity (Wildman–Crippen MR) is 87.5 cm³/mol. The molecule has 1 radical (unpaired) electrons. The predicted octanol–water partition coefficient (Wildman–Crippen LogP) is 2.43. The van der Waals surface area contributed by atoms with Gasteiger partial charge in [-0.1, -0.05) is 23.8 Å². The van der Waals surface area contributed by atoms with Crippen LogP contribution in [-0.2, 0) is 0 Å². The second kappa shape index (κ2) is 5.42. The van der Waals surface area contributed by atoms with E-state index in [1.807, 2.05) is 29.2 Å². The smallest absolute Gasteiger partial charge is 0.137 e. The molecule has 1 aliphatic heterocycles. The first-order valence-electron chi connectivity index (χ1n) is 6.41. The van der Waals surface area contributed by atoms with Gasteiger partial charge in [0.1, 0.15) is 11.3 Å². The van der Waals surface area contributed by atoms with E-state index in [1.165, 1.54) is 0 Å². The number of nitrogens with zero attached hydrogens (tertiary/aromatic N) is 3. The number of nitrogen functional groups attached to an aromatic ring is 1. The molecule has 0 bridgehead atoms. The van der Waals surface area contributed by atoms with Crippen LogP contribution < -0.4 is 10.6 Å². The van der Waals surface area contributed by atoms with Crippen molar-refractivity contribution in [3.8, 4) is 0 Å². The molecule has 103 valence electrons. The van der Waals surface area contributed by atoms with Gasteiger partial charge in [-0.25, -0.2) is 4.98 Å². The van der Waals surface area contributed by atoms with Crippen LogP contribution in [-0.4, -0.2) is 41.6 Å². The van der Waals surface area contributed by atoms with Crippen molar-refractivity contribution in [1.29, 1.82) is 0 Å². The Kier molecular flexibility index (Phi) is 3.63. The van der Waals surface area contributed by atoms with Crippen LogP contribution in [0.2, 0.25) is 5.02 Å². The van der Waals surface area contributed by atoms with E-state index in [4.69, 9.17) is 29.6 Å². The van der Waals surface area contributed by atoms with Crippen LogP contribution in [0, 0.1) is 0 Å². The quantitative estimate of drug-likeness (QED) is 0.863. The minimum absolute atomic E-state index is 0.513. The Morgan fingerprint density at radius 3 is 2.65 bits per heavy atom. The molecule has 0 unspecified atom stereocenters. The fourth-order valence-electron chi connectivity index (χ4n) is 2.50. The van der Waals surface area contributed by atoms with Crippen LogP contribution in [0.15, 0.2) is 24.3 Å². The summed E-state index contributed by atoms with van der Waals surface area (Å²) in [6.45, 7) is 3.54. The highest BCUT2D eigenvalue weighted by Crippen LogP contribution is 2.30. The van der Waals surface area contributed by atoms with Crippen molar-refractivity contribution in [3.05, 3.63) is 29.3 Å². The number of hydrogen-bond acceptors (Lipinski definition) is 4. The second-order valence-electron chi connectivity index (χ2n) is 4.79. The molecule has 0 atom stereocenters. The average molecular weight is 306 g/mol. The molecule has 0 amide bonds. The highest BCUT2D eigenvalue weighted by Gasteiger charge is 2.18. The van der Waals surface area contributed by atoms with Gasteiger partial charge >= 0.3 is 0 Å². The van der Waals surface area contributed by atoms with Crippen LogP contribution in [0.3, 0.4) is 0 Å². The molecule has 2 N–H and O–H groups in total. The molecule has 1 fully saturated rings. The molecular weight excluding hydrogens is 292 g/mol. The SMILES string of the molecule is Nc1cc(N2CCN([C]=S)CC2)c2ccc(Cl)cc2n1. The fraction of sp³-hybridized carbons (Fsp3) is 0.286. The lowest BCUT2D eigenvalue weighted by Crippen LogP contribution is -2.45. The van der Waals surface area contributed by atoms with Gasteiger partial charge in [-0.3, -0.25) is 0 Å². The summed E-state index contributed by atoms with van der Waals surface area (Å²) >= 11 is 10.9. The highest BCUT2D eigenvalue weighted by molar-refractivity contribution is 7.78. The van der Waals surface area contributed by atoms with Crippen molar-refractivity contribution < 1.29 is 0 Å². The Labute approximate surface area is 128 Å². The maximum atomic E-state index is 6.03. The van der Waals surface area contributed by atoms with Crippen LogP contribution in [0.5, 0.6) is 0 Å². The van der Waals surface area contributed by atoms with Crippen LogP contribution in [0.25, 0.3) is 10.9 Å². The molecule has 0 spiro atoms. The van der Waals surface area contributed by atoms with E-state index >= 15 is 0 Å². The molecule has 4 nitrogen and oxygen atoms in total. The van der Waals surface area contributed by atoms with Gasteiger partial charge in [0.15, 0.2) is 0 Å². The zero-order valence-electron chi connectivity index (χ0n) is 10.8. The summed E-state index contributed by atoms with van der Waals surface area (Å²) in [5.74, 6) is 0.513. The topological polar surface area (TPSA) is 45.4 Å². The van der Waals surface area contributed by atoms with Gasteiger partial charge in [0.25, 0.3) is 0 Å². The monoisotopic (exact) mass is 305 g/mol. The van der Waals surface area contributed by atoms with Gasteiger partial charge in [-0.15, -0.1) is 0 Å². The van der Waals surface area contributed by atoms with Gasteiger partial charge in [0, 0.05) is 48.3 Å². The highest BCUT2D eigenvalue weighted by atomic mass is 35.5. The third-order valence-electron chi connectivity index (χ3n) is 3.52. The van der Waals surface area contributed by atoms with Crippen molar-refractivity contribution >= 4 is 51.7 Å². The minimum Gasteiger partial charge on any atom is -0.384 e. The van der Waals surface area contributed by atoms with E-state index in [-0.39, 0.29) is 0 Å². The molecule has 0 saturated carbocycles. The summed E-state index contributed by atoms with van der Waals surface area (Å²) in [6, 6.07) is 7.65. The number of piperazine rings is 1. The van der Waals surface area contributed by atoms with Crippen molar-refractivity contribution in [3.63, 3.8) is 0 Å². The van der Waals surface area contributed by atoms with Gasteiger partial charge in [-0.05, 0) is 18.2 Å². The summed E-state index contributed by atoms with van der Waals surface area (Å²) in [7, 11) is 0. The summed E-state index contributed by atoms with van der Waals surface area (Å²) in [5.41, 5.74) is 10.6. The lowest BCUT2D eigenvalue weighted by Gasteiger charge is -2.35. The number of nitrogens with two attached hydrogens (primary N) is 1. The fourth-order valence-corrected chi connectivity index (χ4v) is 2.85. The number of rotatable bonds is 2. The van der Waals surface area contributed by atoms with Crippen molar-refractivity contribution in [2.75, 3.05) is 36.8 Å². The molecule has 3 rings (SSSR count). The molecular formula is C14H14ClN4S. The lowest BCUT2D eigenvalue weighted by molar-refractivity contribution is 0.401. The first-order chi connectivity index (χ1) is 9.67. The molecule has 6 heteroatoms. The van der Waals surface area contributed by atoms with Gasteiger partial charge in [0.05, 0.1) is 5.52 Å².